The Morgan fingerprint density at radius 3 is 2.21 bits per heavy atom. The van der Waals surface area contributed by atoms with Crippen LogP contribution in [0.5, 0.6) is 0 Å². The number of benzene rings is 2. The van der Waals surface area contributed by atoms with Crippen LogP contribution in [0.15, 0.2) is 42.5 Å². The first-order chi connectivity index (χ1) is 13.9. The van der Waals surface area contributed by atoms with Gasteiger partial charge in [-0.2, -0.15) is 0 Å². The van der Waals surface area contributed by atoms with Crippen LogP contribution in [0, 0.1) is 0 Å². The van der Waals surface area contributed by atoms with Crippen molar-refractivity contribution >= 4 is 29.2 Å². The van der Waals surface area contributed by atoms with E-state index in [2.05, 4.69) is 22.8 Å². The Kier molecular flexibility index (Phi) is 6.65. The van der Waals surface area contributed by atoms with Crippen LogP contribution in [-0.4, -0.2) is 23.9 Å². The molecule has 0 radical (unpaired) electrons. The summed E-state index contributed by atoms with van der Waals surface area (Å²) in [6.45, 7) is 2.97. The van der Waals surface area contributed by atoms with Gasteiger partial charge in [0, 0.05) is 18.3 Å². The first-order valence-corrected chi connectivity index (χ1v) is 9.89. The Labute approximate surface area is 170 Å². The van der Waals surface area contributed by atoms with Gasteiger partial charge in [0.2, 0.25) is 5.91 Å². The lowest BCUT2D eigenvalue weighted by atomic mass is 9.90. The van der Waals surface area contributed by atoms with Crippen LogP contribution in [0.25, 0.3) is 0 Å². The minimum atomic E-state index is -0.907. The van der Waals surface area contributed by atoms with Crippen LogP contribution >= 0.6 is 0 Å². The molecule has 0 spiro atoms. The van der Waals surface area contributed by atoms with Crippen molar-refractivity contribution in [3.05, 3.63) is 59.2 Å². The number of amides is 2. The molecule has 1 aliphatic rings. The van der Waals surface area contributed by atoms with Crippen molar-refractivity contribution in [2.24, 2.45) is 0 Å². The molecule has 0 heterocycles. The van der Waals surface area contributed by atoms with Gasteiger partial charge in [-0.25, -0.2) is 0 Å². The summed E-state index contributed by atoms with van der Waals surface area (Å²) in [5, 5.41) is 5.36. The summed E-state index contributed by atoms with van der Waals surface area (Å²) in [5.74, 6) is -0.998. The molecule has 6 nitrogen and oxygen atoms in total. The Balaban J connectivity index is 1.51. The molecule has 1 aliphatic carbocycles. The highest BCUT2D eigenvalue weighted by Crippen LogP contribution is 2.22. The lowest BCUT2D eigenvalue weighted by Gasteiger charge is -2.17. The highest BCUT2D eigenvalue weighted by molar-refractivity contribution is 5.95. The van der Waals surface area contributed by atoms with Crippen molar-refractivity contribution in [3.8, 4) is 0 Å². The number of hydrogen-bond donors (Lipinski definition) is 2. The molecule has 0 saturated carbocycles. The SMILES string of the molecule is CC(=O)Nc1ccc(NC(=O)[C@@H](C)OC(=O)Cc2ccc3c(c2)CCCC3)cc1. The molecule has 0 aromatic heterocycles. The van der Waals surface area contributed by atoms with E-state index in [4.69, 9.17) is 4.74 Å². The third kappa shape index (κ3) is 5.91. The maximum Gasteiger partial charge on any atom is 0.311 e. The van der Waals surface area contributed by atoms with E-state index < -0.39 is 18.0 Å². The molecule has 2 aromatic rings. The highest BCUT2D eigenvalue weighted by Gasteiger charge is 2.19. The quantitative estimate of drug-likeness (QED) is 0.733. The summed E-state index contributed by atoms with van der Waals surface area (Å²) in [7, 11) is 0. The van der Waals surface area contributed by atoms with E-state index in [1.165, 1.54) is 30.9 Å². The van der Waals surface area contributed by atoms with Gasteiger partial charge in [0.1, 0.15) is 0 Å². The third-order valence-electron chi connectivity index (χ3n) is 4.91. The molecule has 2 N–H and O–H groups in total. The van der Waals surface area contributed by atoms with Gasteiger partial charge >= 0.3 is 5.97 Å². The maximum atomic E-state index is 12.3. The van der Waals surface area contributed by atoms with E-state index in [0.29, 0.717) is 11.4 Å². The zero-order valence-electron chi connectivity index (χ0n) is 16.8. The fraction of sp³-hybridized carbons (Fsp3) is 0.348. The molecule has 2 amide bonds. The van der Waals surface area contributed by atoms with E-state index in [1.807, 2.05) is 6.07 Å². The van der Waals surface area contributed by atoms with Gasteiger partial charge in [-0.3, -0.25) is 14.4 Å². The Bertz CT molecular complexity index is 906. The van der Waals surface area contributed by atoms with Gasteiger partial charge in [0.05, 0.1) is 6.42 Å². The van der Waals surface area contributed by atoms with E-state index in [-0.39, 0.29) is 12.3 Å². The smallest absolute Gasteiger partial charge is 0.311 e. The molecule has 0 saturated heterocycles. The molecule has 6 heteroatoms. The molecule has 0 fully saturated rings. The molecular weight excluding hydrogens is 368 g/mol. The second kappa shape index (κ2) is 9.37. The number of aryl methyl sites for hydroxylation is 2. The van der Waals surface area contributed by atoms with Crippen LogP contribution in [0.2, 0.25) is 0 Å². The van der Waals surface area contributed by atoms with Crippen LogP contribution in [0.1, 0.15) is 43.4 Å². The van der Waals surface area contributed by atoms with Gasteiger partial charge in [0.25, 0.3) is 5.91 Å². The summed E-state index contributed by atoms with van der Waals surface area (Å²) in [6.07, 6.45) is 3.80. The minimum Gasteiger partial charge on any atom is -0.452 e. The van der Waals surface area contributed by atoms with Crippen molar-refractivity contribution < 1.29 is 19.1 Å². The molecular formula is C23H26N2O4. The Morgan fingerprint density at radius 1 is 0.931 bits per heavy atom. The number of carbonyl (C=O) groups is 3. The van der Waals surface area contributed by atoms with Gasteiger partial charge in [-0.15, -0.1) is 0 Å². The number of carbonyl (C=O) groups excluding carboxylic acids is 3. The Hall–Kier alpha value is -3.15. The minimum absolute atomic E-state index is 0.149. The van der Waals surface area contributed by atoms with Gasteiger partial charge < -0.3 is 15.4 Å². The highest BCUT2D eigenvalue weighted by atomic mass is 16.5. The summed E-state index contributed by atoms with van der Waals surface area (Å²) < 4.78 is 5.30. The van der Waals surface area contributed by atoms with E-state index in [0.717, 1.165) is 18.4 Å². The summed E-state index contributed by atoms with van der Waals surface area (Å²) in [6, 6.07) is 12.9. The molecule has 0 bridgehead atoms. The predicted molar refractivity (Wildman–Crippen MR) is 112 cm³/mol. The van der Waals surface area contributed by atoms with E-state index >= 15 is 0 Å². The third-order valence-corrected chi connectivity index (χ3v) is 4.91. The fourth-order valence-corrected chi connectivity index (χ4v) is 3.44. The fourth-order valence-electron chi connectivity index (χ4n) is 3.44. The molecule has 2 aromatic carbocycles. The monoisotopic (exact) mass is 394 g/mol. The van der Waals surface area contributed by atoms with E-state index in [1.54, 1.807) is 31.2 Å². The van der Waals surface area contributed by atoms with Crippen molar-refractivity contribution in [2.75, 3.05) is 10.6 Å². The first kappa shape index (κ1) is 20.6. The second-order valence-corrected chi connectivity index (χ2v) is 7.37. The van der Waals surface area contributed by atoms with Gasteiger partial charge in [-0.05, 0) is 73.6 Å². The largest absolute Gasteiger partial charge is 0.452 e. The number of nitrogens with one attached hydrogen (secondary N) is 2. The lowest BCUT2D eigenvalue weighted by Crippen LogP contribution is -2.30. The number of ether oxygens (including phenoxy) is 1. The van der Waals surface area contributed by atoms with E-state index in [9.17, 15) is 14.4 Å². The summed E-state index contributed by atoms with van der Waals surface area (Å²) in [4.78, 5) is 35.6. The predicted octanol–water partition coefficient (Wildman–Crippen LogP) is 3.64. The van der Waals surface area contributed by atoms with Crippen LogP contribution in [0.4, 0.5) is 11.4 Å². The van der Waals surface area contributed by atoms with Crippen molar-refractivity contribution in [2.45, 2.75) is 52.1 Å². The number of anilines is 2. The number of fused-ring (bicyclic) bond motifs is 1. The molecule has 152 valence electrons. The van der Waals surface area contributed by atoms with Crippen molar-refractivity contribution in [1.82, 2.24) is 0 Å². The Morgan fingerprint density at radius 2 is 1.55 bits per heavy atom. The number of hydrogen-bond acceptors (Lipinski definition) is 4. The van der Waals surface area contributed by atoms with Crippen LogP contribution in [-0.2, 0) is 38.4 Å². The molecule has 0 aliphatic heterocycles. The van der Waals surface area contributed by atoms with Crippen molar-refractivity contribution in [1.29, 1.82) is 0 Å². The van der Waals surface area contributed by atoms with Gasteiger partial charge in [0.15, 0.2) is 6.10 Å². The first-order valence-electron chi connectivity index (χ1n) is 9.89. The zero-order chi connectivity index (χ0) is 20.8. The average Bonchev–Trinajstić information content (AvgIpc) is 2.68. The average molecular weight is 394 g/mol. The zero-order valence-corrected chi connectivity index (χ0v) is 16.8. The molecule has 1 atom stereocenters. The standard InChI is InChI=1S/C23H26N2O4/c1-15(23(28)25-21-11-9-20(10-12-21)24-16(2)26)29-22(27)14-17-7-8-18-5-3-4-6-19(18)13-17/h7-13,15H,3-6,14H2,1-2H3,(H,24,26)(H,25,28)/t15-/m1/s1. The summed E-state index contributed by atoms with van der Waals surface area (Å²) in [5.41, 5.74) is 4.79. The topological polar surface area (TPSA) is 84.5 Å². The van der Waals surface area contributed by atoms with Gasteiger partial charge in [-0.1, -0.05) is 18.2 Å². The number of esters is 1. The summed E-state index contributed by atoms with van der Waals surface area (Å²) >= 11 is 0. The normalized spacial score (nSPS) is 13.7. The lowest BCUT2D eigenvalue weighted by molar-refractivity contribution is -0.152. The molecule has 3 rings (SSSR count). The molecule has 0 unspecified atom stereocenters. The maximum absolute atomic E-state index is 12.3. The van der Waals surface area contributed by atoms with Crippen LogP contribution < -0.4 is 10.6 Å². The van der Waals surface area contributed by atoms with Crippen molar-refractivity contribution in [3.63, 3.8) is 0 Å². The second-order valence-electron chi connectivity index (χ2n) is 7.37. The molecule has 29 heavy (non-hydrogen) atoms. The van der Waals surface area contributed by atoms with Crippen LogP contribution in [0.3, 0.4) is 0 Å². The number of rotatable bonds is 6.